The minimum Gasteiger partial charge on any atom is -0.396 e. The van der Waals surface area contributed by atoms with Crippen molar-refractivity contribution in [1.29, 1.82) is 0 Å². The lowest BCUT2D eigenvalue weighted by Gasteiger charge is -2.23. The lowest BCUT2D eigenvalue weighted by atomic mass is 10.2. The molecule has 0 aliphatic heterocycles. The molecule has 4 nitrogen and oxygen atoms in total. The molecule has 96 valence electrons. The van der Waals surface area contributed by atoms with Gasteiger partial charge in [0.1, 0.15) is 0 Å². The van der Waals surface area contributed by atoms with Crippen LogP contribution in [0.2, 0.25) is 0 Å². The Morgan fingerprint density at radius 2 is 2.24 bits per heavy atom. The van der Waals surface area contributed by atoms with Gasteiger partial charge in [-0.1, -0.05) is 6.07 Å². The maximum Gasteiger partial charge on any atom is 0.0547 e. The number of pyridine rings is 1. The fourth-order valence-electron chi connectivity index (χ4n) is 1.89. The summed E-state index contributed by atoms with van der Waals surface area (Å²) in [6.07, 6.45) is 0.780. The van der Waals surface area contributed by atoms with Crippen molar-refractivity contribution in [2.24, 2.45) is 0 Å². The van der Waals surface area contributed by atoms with E-state index < -0.39 is 0 Å². The van der Waals surface area contributed by atoms with Gasteiger partial charge in [0.2, 0.25) is 0 Å². The van der Waals surface area contributed by atoms with Gasteiger partial charge in [-0.15, -0.1) is 0 Å². The molecule has 4 heteroatoms. The molecular formula is C13H23N3O. The van der Waals surface area contributed by atoms with Crippen molar-refractivity contribution in [3.05, 3.63) is 29.6 Å². The minimum absolute atomic E-state index is 0.224. The molecule has 1 unspecified atom stereocenters. The Bertz CT molecular complexity index is 330. The summed E-state index contributed by atoms with van der Waals surface area (Å²) in [5.41, 5.74) is 2.14. The number of aliphatic hydroxyl groups excluding tert-OH is 1. The van der Waals surface area contributed by atoms with E-state index in [9.17, 15) is 0 Å². The quantitative estimate of drug-likeness (QED) is 0.736. The molecule has 0 spiro atoms. The van der Waals surface area contributed by atoms with E-state index in [1.165, 1.54) is 0 Å². The number of nitrogens with one attached hydrogen (secondary N) is 1. The highest BCUT2D eigenvalue weighted by molar-refractivity contribution is 5.09. The van der Waals surface area contributed by atoms with Crippen LogP contribution in [-0.4, -0.2) is 48.3 Å². The molecule has 0 saturated heterocycles. The highest BCUT2D eigenvalue weighted by atomic mass is 16.3. The smallest absolute Gasteiger partial charge is 0.0547 e. The summed E-state index contributed by atoms with van der Waals surface area (Å²) in [5, 5.41) is 12.1. The number of aryl methyl sites for hydroxylation is 1. The van der Waals surface area contributed by atoms with Crippen LogP contribution in [0.4, 0.5) is 0 Å². The van der Waals surface area contributed by atoms with Gasteiger partial charge < -0.3 is 10.4 Å². The maximum absolute atomic E-state index is 8.94. The second-order valence-electron chi connectivity index (χ2n) is 4.46. The van der Waals surface area contributed by atoms with Gasteiger partial charge in [-0.25, -0.2) is 0 Å². The first kappa shape index (κ1) is 14.1. The Kier molecular flexibility index (Phi) is 6.11. The van der Waals surface area contributed by atoms with E-state index in [1.807, 2.05) is 32.2 Å². The van der Waals surface area contributed by atoms with Crippen molar-refractivity contribution in [3.63, 3.8) is 0 Å². The Morgan fingerprint density at radius 3 is 2.82 bits per heavy atom. The normalized spacial score (nSPS) is 13.0. The number of hydrogen-bond acceptors (Lipinski definition) is 4. The predicted octanol–water partition coefficient (Wildman–Crippen LogP) is 0.792. The fourth-order valence-corrected chi connectivity index (χ4v) is 1.89. The van der Waals surface area contributed by atoms with Crippen LogP contribution < -0.4 is 5.32 Å². The third-order valence-electron chi connectivity index (χ3n) is 2.80. The largest absolute Gasteiger partial charge is 0.396 e. The molecule has 0 amide bonds. The van der Waals surface area contributed by atoms with Crippen LogP contribution in [0.1, 0.15) is 17.8 Å². The number of aliphatic hydroxyl groups is 1. The molecule has 1 rings (SSSR count). The van der Waals surface area contributed by atoms with Gasteiger partial charge in [-0.2, -0.15) is 0 Å². The standard InChI is InChI=1S/C13H23N3O/c1-11-5-4-6-13(15-11)10-16(3)9-12(14-2)7-8-17/h4-6,12,14,17H,7-10H2,1-3H3. The van der Waals surface area contributed by atoms with Crippen molar-refractivity contribution < 1.29 is 5.11 Å². The topological polar surface area (TPSA) is 48.4 Å². The van der Waals surface area contributed by atoms with Gasteiger partial charge in [0, 0.05) is 31.4 Å². The highest BCUT2D eigenvalue weighted by Crippen LogP contribution is 2.03. The van der Waals surface area contributed by atoms with Crippen molar-refractivity contribution in [2.45, 2.75) is 25.9 Å². The van der Waals surface area contributed by atoms with Crippen LogP contribution in [0, 0.1) is 6.92 Å². The predicted molar refractivity (Wildman–Crippen MR) is 69.9 cm³/mol. The Hall–Kier alpha value is -0.970. The Labute approximate surface area is 104 Å². The number of likely N-dealkylation sites (N-methyl/N-ethyl adjacent to an activating group) is 2. The molecule has 0 aliphatic carbocycles. The van der Waals surface area contributed by atoms with E-state index in [0.717, 1.165) is 30.9 Å². The van der Waals surface area contributed by atoms with Crippen molar-refractivity contribution in [2.75, 3.05) is 27.2 Å². The maximum atomic E-state index is 8.94. The van der Waals surface area contributed by atoms with E-state index >= 15 is 0 Å². The number of hydrogen-bond donors (Lipinski definition) is 2. The molecule has 0 aliphatic rings. The molecule has 0 saturated carbocycles. The van der Waals surface area contributed by atoms with Gasteiger partial charge in [0.05, 0.1) is 5.69 Å². The average Bonchev–Trinajstić information content (AvgIpc) is 2.28. The van der Waals surface area contributed by atoms with Crippen LogP contribution in [-0.2, 0) is 6.54 Å². The summed E-state index contributed by atoms with van der Waals surface area (Å²) < 4.78 is 0. The monoisotopic (exact) mass is 237 g/mol. The lowest BCUT2D eigenvalue weighted by Crippen LogP contribution is -2.38. The third kappa shape index (κ3) is 5.26. The first-order valence-electron chi connectivity index (χ1n) is 6.05. The molecule has 0 bridgehead atoms. The Balaban J connectivity index is 2.45. The van der Waals surface area contributed by atoms with Crippen LogP contribution >= 0.6 is 0 Å². The average molecular weight is 237 g/mol. The van der Waals surface area contributed by atoms with E-state index in [2.05, 4.69) is 22.2 Å². The molecule has 0 fully saturated rings. The molecule has 0 aromatic carbocycles. The van der Waals surface area contributed by atoms with Crippen molar-refractivity contribution in [3.8, 4) is 0 Å². The molecule has 17 heavy (non-hydrogen) atoms. The third-order valence-corrected chi connectivity index (χ3v) is 2.80. The molecule has 1 heterocycles. The van der Waals surface area contributed by atoms with E-state index in [4.69, 9.17) is 5.11 Å². The molecular weight excluding hydrogens is 214 g/mol. The number of rotatable bonds is 7. The SMILES string of the molecule is CNC(CCO)CN(C)Cc1cccc(C)n1. The number of nitrogens with zero attached hydrogens (tertiary/aromatic N) is 2. The van der Waals surface area contributed by atoms with Gasteiger partial charge in [-0.05, 0) is 39.6 Å². The molecule has 1 aromatic rings. The van der Waals surface area contributed by atoms with Gasteiger partial charge in [-0.3, -0.25) is 9.88 Å². The Morgan fingerprint density at radius 1 is 1.47 bits per heavy atom. The number of aromatic nitrogens is 1. The second kappa shape index (κ2) is 7.37. The zero-order valence-electron chi connectivity index (χ0n) is 11.0. The summed E-state index contributed by atoms with van der Waals surface area (Å²) in [6, 6.07) is 6.42. The van der Waals surface area contributed by atoms with E-state index in [1.54, 1.807) is 0 Å². The zero-order chi connectivity index (χ0) is 12.7. The molecule has 0 radical (unpaired) electrons. The molecule has 1 aromatic heterocycles. The van der Waals surface area contributed by atoms with E-state index in [0.29, 0.717) is 6.04 Å². The summed E-state index contributed by atoms with van der Waals surface area (Å²) in [7, 11) is 4.00. The van der Waals surface area contributed by atoms with E-state index in [-0.39, 0.29) is 6.61 Å². The first-order chi connectivity index (χ1) is 8.15. The van der Waals surface area contributed by atoms with Crippen LogP contribution in [0.3, 0.4) is 0 Å². The molecule has 2 N–H and O–H groups in total. The molecule has 1 atom stereocenters. The van der Waals surface area contributed by atoms with Crippen molar-refractivity contribution in [1.82, 2.24) is 15.2 Å². The van der Waals surface area contributed by atoms with Crippen LogP contribution in [0.15, 0.2) is 18.2 Å². The van der Waals surface area contributed by atoms with Gasteiger partial charge >= 0.3 is 0 Å². The summed E-state index contributed by atoms with van der Waals surface area (Å²) in [6.45, 7) is 3.98. The van der Waals surface area contributed by atoms with Crippen LogP contribution in [0.25, 0.3) is 0 Å². The van der Waals surface area contributed by atoms with Crippen molar-refractivity contribution >= 4 is 0 Å². The summed E-state index contributed by atoms with van der Waals surface area (Å²) in [4.78, 5) is 6.70. The lowest BCUT2D eigenvalue weighted by molar-refractivity contribution is 0.229. The zero-order valence-corrected chi connectivity index (χ0v) is 11.0. The van der Waals surface area contributed by atoms with Gasteiger partial charge in [0.15, 0.2) is 0 Å². The highest BCUT2D eigenvalue weighted by Gasteiger charge is 2.09. The second-order valence-corrected chi connectivity index (χ2v) is 4.46. The fraction of sp³-hybridized carbons (Fsp3) is 0.615. The summed E-state index contributed by atoms with van der Waals surface area (Å²) >= 11 is 0. The van der Waals surface area contributed by atoms with Crippen LogP contribution in [0.5, 0.6) is 0 Å². The first-order valence-corrected chi connectivity index (χ1v) is 6.05. The minimum atomic E-state index is 0.224. The summed E-state index contributed by atoms with van der Waals surface area (Å²) in [5.74, 6) is 0. The van der Waals surface area contributed by atoms with Gasteiger partial charge in [0.25, 0.3) is 0 Å².